The van der Waals surface area contributed by atoms with E-state index in [1.165, 1.54) is 35.0 Å². The molecule has 0 saturated carbocycles. The van der Waals surface area contributed by atoms with E-state index >= 15 is 0 Å². The Morgan fingerprint density at radius 2 is 1.34 bits per heavy atom. The summed E-state index contributed by atoms with van der Waals surface area (Å²) >= 11 is 0. The number of aromatic nitrogens is 6. The average molecular weight is 1580 g/mol. The number of phosphoric ester groups is 1. The fraction of sp³-hybridized carbons (Fsp3) is 0.597. The van der Waals surface area contributed by atoms with Gasteiger partial charge in [0.15, 0.2) is 23.9 Å². The first kappa shape index (κ1) is 84.8. The molecule has 3 saturated heterocycles. The van der Waals surface area contributed by atoms with E-state index in [-0.39, 0.29) is 99.8 Å². The van der Waals surface area contributed by atoms with E-state index in [4.69, 9.17) is 79.0 Å². The molecule has 3 fully saturated rings. The van der Waals surface area contributed by atoms with Crippen LogP contribution < -0.4 is 50.3 Å². The van der Waals surface area contributed by atoms with Gasteiger partial charge in [-0.3, -0.25) is 57.7 Å². The summed E-state index contributed by atoms with van der Waals surface area (Å²) in [6.45, 7) is 22.6. The van der Waals surface area contributed by atoms with Gasteiger partial charge in [0.25, 0.3) is 7.82 Å². The summed E-state index contributed by atoms with van der Waals surface area (Å²) in [6.07, 6.45) is -5.69. The van der Waals surface area contributed by atoms with Crippen molar-refractivity contribution in [1.82, 2.24) is 34.4 Å². The molecule has 4 aromatic rings. The zero-order valence-electron chi connectivity index (χ0n) is 62.8. The van der Waals surface area contributed by atoms with Crippen molar-refractivity contribution in [1.29, 1.82) is 0 Å². The number of aliphatic hydroxyl groups excluding tert-OH is 4. The van der Waals surface area contributed by atoms with Crippen molar-refractivity contribution in [2.75, 3.05) is 18.9 Å². The summed E-state index contributed by atoms with van der Waals surface area (Å²) in [6, 6.07) is 2.65. The number of hydrogen-bond donors (Lipinski definition) is 12. The van der Waals surface area contributed by atoms with E-state index in [1.807, 2.05) is 80.5 Å². The summed E-state index contributed by atoms with van der Waals surface area (Å²) in [4.78, 5) is 140. The molecule has 19 N–H and O–H groups in total. The molecule has 1 aromatic carbocycles. The molecule has 0 radical (unpaired) electrons. The predicted octanol–water partition coefficient (Wildman–Crippen LogP) is 2.17. The Morgan fingerprint density at radius 1 is 0.734 bits per heavy atom. The van der Waals surface area contributed by atoms with E-state index in [2.05, 4.69) is 32.2 Å². The number of aliphatic imine (C=N–C) groups is 3. The summed E-state index contributed by atoms with van der Waals surface area (Å²) in [5, 5.41) is 49.6. The third kappa shape index (κ3) is 16.3. The zero-order valence-corrected chi connectivity index (χ0v) is 64.8. The first-order valence-electron chi connectivity index (χ1n) is 35.9. The number of carbonyl (C=O) groups excluding carboxylic acids is 7. The van der Waals surface area contributed by atoms with Gasteiger partial charge >= 0.3 is 16.8 Å². The molecule has 0 aliphatic carbocycles. The van der Waals surface area contributed by atoms with Crippen LogP contribution in [0.1, 0.15) is 157 Å². The van der Waals surface area contributed by atoms with Gasteiger partial charge in [-0.2, -0.15) is 5.70 Å². The van der Waals surface area contributed by atoms with Crippen LogP contribution in [0.15, 0.2) is 80.4 Å². The number of aryl methyl sites for hydroxylation is 2. The summed E-state index contributed by atoms with van der Waals surface area (Å²) < 4.78 is 38.8. The molecular weight excluding hydrogens is 1480 g/mol. The Morgan fingerprint density at radius 3 is 1.94 bits per heavy atom. The number of nitrogen functional groups attached to an aromatic ring is 1. The van der Waals surface area contributed by atoms with E-state index in [0.29, 0.717) is 67.6 Å². The number of nitrogens with two attached hydrogens (primary N) is 7. The molecule has 37 heteroatoms. The number of amides is 7. The number of anilines is 1. The van der Waals surface area contributed by atoms with Crippen LogP contribution in [-0.4, -0.2) is 175 Å². The normalized spacial score (nSPS) is 33.6. The number of rotatable bonds is 27. The Hall–Kier alpha value is -8.26. The van der Waals surface area contributed by atoms with Gasteiger partial charge in [-0.1, -0.05) is 40.7 Å². The number of hydrogen-bond acceptors (Lipinski definition) is 25. The minimum atomic E-state index is -5.32. The Kier molecular flexibility index (Phi) is 25.0. The Labute approximate surface area is 640 Å². The van der Waals surface area contributed by atoms with Crippen LogP contribution in [-0.2, 0) is 73.4 Å². The predicted molar refractivity (Wildman–Crippen MR) is 393 cm³/mol. The maximum atomic E-state index is 14.4. The number of aliphatic hydroxyl groups is 4. The number of imidazole rings is 2. The van der Waals surface area contributed by atoms with Crippen LogP contribution in [0, 0.1) is 66.1 Å². The van der Waals surface area contributed by atoms with E-state index in [9.17, 15) is 63.4 Å². The number of primary amides is 6. The molecule has 7 aliphatic rings. The zero-order chi connectivity index (χ0) is 79.6. The fourth-order valence-electron chi connectivity index (χ4n) is 17.3. The number of ether oxygens (including phenoxy) is 2. The summed E-state index contributed by atoms with van der Waals surface area (Å²) in [7, 11) is -5.32. The monoisotopic (exact) mass is 1580 g/mol. The first-order valence-corrected chi connectivity index (χ1v) is 37.3. The van der Waals surface area contributed by atoms with Crippen molar-refractivity contribution in [3.8, 4) is 0 Å². The van der Waals surface area contributed by atoms with Gasteiger partial charge in [0.1, 0.15) is 36.3 Å². The SMILES string of the molecule is C/C1=C2/[N-][C@H]([C@H](CC(N)=O)[C@@]2(C)CCC(=O)NC[C@@H](C)OP(=O)([O-])O[C@H]2[C@@H](O)[C@@H](n3cnc4cc(C)c(C)cc43)O[C@@H]2CO)[C@]2(C)N=C(/C(C)=C3N=C(/C=C4N=C1[C@@H](CCC(N)=O)C\4(C)C)[C@@H](CCC(N)=O)[C@]\3(C)CC(N)=O)[C@@H](CCC(N)=O)[C@]2(C)CC(N)=O.[CH2-][C@H]1O[C@@H](n2cnc3c(N)ncnc32)[C@@H](O)[C@@H]1O.[Co+3]. The van der Waals surface area contributed by atoms with Crippen LogP contribution in [0.3, 0.4) is 0 Å². The standard InChI is InChI=1S/C62H90N13O14P.C10H12N5O3.Co/c1-29-20-39-40(21-30(29)2)75(28-70-39)57-52(84)53(41(27-76)87-57)89-90(85,86)88-31(3)26-69-49(83)18-19-59(8)37(22-46(66)80)56-62(11)61(10,25-48(68)82)36(14-17-45(65)79)51(74-62)33(5)55-60(9,24-47(67)81)34(12-15-43(63)77)38(71-55)23-42-58(6,7)35(13-16-44(64)78)50(72-42)32(4)54(59)73-56;1-4-6(16)7(17)10(18-4)15-3-14-5-8(11)12-2-13-9(5)15;/h20-21,23,28,31,34-37,41,52-53,56-57,76,84H,12-19,22,24-27H2,1-11H3,(H15,63,64,65,66,67,68,69,71,72,73,74,77,78,79,80,81,82,83,85,86);2-4,6-7,10,16-17H,1H2,(H2,11,12,13);/q;-1;+3/p-2/t31-,34-,35-,36-,37+,41-,52-,53-,56-,57+,59-,60+,61+,62+;4-,6-,7+,10-;/m11./s1. The second-order valence-electron chi connectivity index (χ2n) is 31.1. The molecule has 10 heterocycles. The van der Waals surface area contributed by atoms with Crippen molar-refractivity contribution in [2.45, 2.75) is 214 Å². The smallest absolute Gasteiger partial charge is 0.756 e. The van der Waals surface area contributed by atoms with Gasteiger partial charge in [-0.05, 0) is 125 Å². The maximum Gasteiger partial charge on any atom is 3.00 e. The number of allylic oxidation sites excluding steroid dienone is 6. The molecular formula is C72H100CoN18O17P. The van der Waals surface area contributed by atoms with Gasteiger partial charge < -0.3 is 106 Å². The van der Waals surface area contributed by atoms with Crippen LogP contribution in [0.4, 0.5) is 5.82 Å². The van der Waals surface area contributed by atoms with Crippen molar-refractivity contribution in [2.24, 2.45) is 94.7 Å². The van der Waals surface area contributed by atoms with Gasteiger partial charge in [-0.15, -0.1) is 0 Å². The quantitative estimate of drug-likeness (QED) is 0.0301. The third-order valence-electron chi connectivity index (χ3n) is 23.5. The Balaban J connectivity index is 0.000000623. The number of nitrogens with one attached hydrogen (secondary N) is 1. The first-order chi connectivity index (χ1) is 50.4. The van der Waals surface area contributed by atoms with Gasteiger partial charge in [0, 0.05) is 108 Å². The fourth-order valence-corrected chi connectivity index (χ4v) is 18.5. The molecule has 7 amide bonds. The van der Waals surface area contributed by atoms with Gasteiger partial charge in [0.05, 0.1) is 53.7 Å². The average Bonchev–Trinajstić information content (AvgIpc) is 1.53. The molecule has 0 spiro atoms. The molecule has 35 nitrogen and oxygen atoms in total. The molecule has 19 atom stereocenters. The number of nitrogens with zero attached hydrogens (tertiary/aromatic N) is 10. The summed E-state index contributed by atoms with van der Waals surface area (Å²) in [5.41, 5.74) is 43.2. The molecule has 7 aliphatic heterocycles. The number of phosphoric acid groups is 1. The van der Waals surface area contributed by atoms with E-state index in [1.54, 1.807) is 6.92 Å². The maximum absolute atomic E-state index is 14.4. The van der Waals surface area contributed by atoms with Crippen LogP contribution >= 0.6 is 7.82 Å². The molecule has 1 unspecified atom stereocenters. The van der Waals surface area contributed by atoms with E-state index in [0.717, 1.165) is 11.1 Å². The Bertz CT molecular complexity index is 4520. The summed E-state index contributed by atoms with van der Waals surface area (Å²) in [5.74, 6) is -7.16. The van der Waals surface area contributed by atoms with Gasteiger partial charge in [-0.25, -0.2) is 19.9 Å². The van der Waals surface area contributed by atoms with Crippen LogP contribution in [0.2, 0.25) is 0 Å². The van der Waals surface area contributed by atoms with Crippen molar-refractivity contribution in [3.63, 3.8) is 0 Å². The topological polar surface area (TPSA) is 584 Å². The molecule has 594 valence electrons. The molecule has 8 bridgehead atoms. The van der Waals surface area contributed by atoms with Crippen LogP contribution in [0.5, 0.6) is 0 Å². The van der Waals surface area contributed by atoms with E-state index < -0.39 is 168 Å². The minimum Gasteiger partial charge on any atom is -0.756 e. The number of fused-ring (bicyclic) bond motifs is 8. The van der Waals surface area contributed by atoms with Gasteiger partial charge in [0.2, 0.25) is 41.4 Å². The third-order valence-corrected chi connectivity index (χ3v) is 24.6. The van der Waals surface area contributed by atoms with Crippen molar-refractivity contribution in [3.05, 3.63) is 88.8 Å². The number of benzene rings is 1. The second kappa shape index (κ2) is 32.2. The van der Waals surface area contributed by atoms with Crippen molar-refractivity contribution < 1.29 is 98.7 Å². The van der Waals surface area contributed by atoms with Crippen LogP contribution in [0.25, 0.3) is 27.5 Å². The number of carbonyl (C=O) groups is 7. The molecule has 109 heavy (non-hydrogen) atoms. The minimum absolute atomic E-state index is 0. The largest absolute Gasteiger partial charge is 3.00 e. The molecule has 3 aromatic heterocycles. The molecule has 11 rings (SSSR count). The van der Waals surface area contributed by atoms with Crippen molar-refractivity contribution >= 4 is 94.3 Å². The second-order valence-corrected chi connectivity index (χ2v) is 32.4.